The Labute approximate surface area is 303 Å². The number of rotatable bonds is 16. The number of nitrogens with one attached hydrogen (secondary N) is 3. The molecule has 1 saturated heterocycles. The summed E-state index contributed by atoms with van der Waals surface area (Å²) in [6, 6.07) is 5.22. The molecule has 51 heavy (non-hydrogen) atoms. The first-order valence-electron chi connectivity index (χ1n) is 18.3. The number of likely N-dealkylation sites (tertiary alicyclic amines) is 1. The Morgan fingerprint density at radius 3 is 2.12 bits per heavy atom. The van der Waals surface area contributed by atoms with E-state index in [9.17, 15) is 32.4 Å². The smallest absolute Gasteiger partial charge is 0.315 e. The number of carbonyl (C=O) groups is 5. The second-order valence-electron chi connectivity index (χ2n) is 17.8. The summed E-state index contributed by atoms with van der Waals surface area (Å²) >= 11 is 0. The molecule has 1 aromatic rings. The predicted molar refractivity (Wildman–Crippen MR) is 196 cm³/mol. The fourth-order valence-electron chi connectivity index (χ4n) is 8.43. The van der Waals surface area contributed by atoms with Gasteiger partial charge in [-0.25, -0.2) is 13.2 Å². The van der Waals surface area contributed by atoms with Crippen LogP contribution in [-0.4, -0.2) is 78.8 Å². The minimum Gasteiger partial charge on any atom is -0.363 e. The molecule has 13 heteroatoms. The van der Waals surface area contributed by atoms with E-state index in [1.54, 1.807) is 31.2 Å². The van der Waals surface area contributed by atoms with Gasteiger partial charge in [0, 0.05) is 6.54 Å². The van der Waals surface area contributed by atoms with Crippen molar-refractivity contribution in [3.05, 3.63) is 35.9 Å². The number of fused-ring (bicyclic) bond motifs is 1. The Hall–Kier alpha value is -3.48. The second kappa shape index (κ2) is 15.2. The Bertz CT molecular complexity index is 1580. The normalized spacial score (nSPS) is 23.6. The van der Waals surface area contributed by atoms with Crippen LogP contribution in [0.2, 0.25) is 0 Å². The Morgan fingerprint density at radius 2 is 1.59 bits per heavy atom. The lowest BCUT2D eigenvalue weighted by Gasteiger charge is -2.37. The van der Waals surface area contributed by atoms with E-state index >= 15 is 0 Å². The number of primary amides is 1. The minimum atomic E-state index is -3.64. The van der Waals surface area contributed by atoms with Crippen molar-refractivity contribution in [3.63, 3.8) is 0 Å². The number of urea groups is 1. The number of carbonyl (C=O) groups excluding carboxylic acids is 5. The van der Waals surface area contributed by atoms with Crippen molar-refractivity contribution in [3.8, 4) is 0 Å². The van der Waals surface area contributed by atoms with E-state index in [1.807, 2.05) is 54.5 Å². The molecule has 5 unspecified atom stereocenters. The summed E-state index contributed by atoms with van der Waals surface area (Å²) in [6.45, 7) is 15.8. The topological polar surface area (TPSA) is 185 Å². The van der Waals surface area contributed by atoms with Gasteiger partial charge >= 0.3 is 6.03 Å². The quantitative estimate of drug-likeness (QED) is 0.187. The van der Waals surface area contributed by atoms with Crippen LogP contribution in [0.15, 0.2) is 30.3 Å². The fourth-order valence-corrected chi connectivity index (χ4v) is 10.4. The molecule has 0 spiro atoms. The van der Waals surface area contributed by atoms with Gasteiger partial charge in [-0.2, -0.15) is 0 Å². The molecule has 6 atom stereocenters. The van der Waals surface area contributed by atoms with Gasteiger partial charge in [-0.1, -0.05) is 98.1 Å². The van der Waals surface area contributed by atoms with Gasteiger partial charge in [0.1, 0.15) is 12.1 Å². The highest BCUT2D eigenvalue weighted by Gasteiger charge is 2.69. The molecule has 284 valence electrons. The first-order valence-corrected chi connectivity index (χ1v) is 20.1. The average molecular weight is 730 g/mol. The summed E-state index contributed by atoms with van der Waals surface area (Å²) in [5.74, 6) is -3.21. The lowest BCUT2D eigenvalue weighted by Crippen LogP contribution is -2.61. The third-order valence-electron chi connectivity index (χ3n) is 10.9. The van der Waals surface area contributed by atoms with Gasteiger partial charge in [0.05, 0.1) is 23.1 Å². The number of sulfone groups is 1. The predicted octanol–water partition coefficient (Wildman–Crippen LogP) is 3.72. The summed E-state index contributed by atoms with van der Waals surface area (Å²) < 4.78 is 26.8. The highest BCUT2D eigenvalue weighted by molar-refractivity contribution is 7.90. The van der Waals surface area contributed by atoms with Crippen LogP contribution >= 0.6 is 0 Å². The van der Waals surface area contributed by atoms with E-state index < -0.39 is 68.5 Å². The number of hydrogen-bond acceptors (Lipinski definition) is 7. The van der Waals surface area contributed by atoms with E-state index in [0.717, 1.165) is 19.3 Å². The number of nitrogens with zero attached hydrogens (tertiary/aromatic N) is 1. The van der Waals surface area contributed by atoms with Crippen molar-refractivity contribution >= 4 is 39.4 Å². The van der Waals surface area contributed by atoms with Gasteiger partial charge in [-0.3, -0.25) is 19.2 Å². The van der Waals surface area contributed by atoms with Gasteiger partial charge in [-0.15, -0.1) is 0 Å². The first-order chi connectivity index (χ1) is 23.5. The summed E-state index contributed by atoms with van der Waals surface area (Å²) in [5, 5.41) is 8.56. The van der Waals surface area contributed by atoms with Crippen LogP contribution in [-0.2, 0) is 34.8 Å². The number of piperidine rings is 1. The zero-order valence-electron chi connectivity index (χ0n) is 31.6. The van der Waals surface area contributed by atoms with Crippen LogP contribution in [0.4, 0.5) is 4.79 Å². The Balaban J connectivity index is 1.54. The van der Waals surface area contributed by atoms with Crippen LogP contribution in [0.3, 0.4) is 0 Å². The molecule has 4 rings (SSSR count). The van der Waals surface area contributed by atoms with Gasteiger partial charge < -0.3 is 26.6 Å². The molecule has 1 aromatic carbocycles. The second-order valence-corrected chi connectivity index (χ2v) is 19.9. The van der Waals surface area contributed by atoms with Crippen molar-refractivity contribution in [2.45, 2.75) is 123 Å². The van der Waals surface area contributed by atoms with E-state index in [0.29, 0.717) is 24.9 Å². The number of Topliss-reactive ketones (excluding diaryl/α,β-unsaturated/α-hetero) is 1. The minimum absolute atomic E-state index is 0.0439. The van der Waals surface area contributed by atoms with Crippen molar-refractivity contribution < 1.29 is 32.4 Å². The van der Waals surface area contributed by atoms with E-state index in [2.05, 4.69) is 16.0 Å². The molecule has 12 nitrogen and oxygen atoms in total. The fraction of sp³-hybridized carbons (Fsp3) is 0.711. The molecular weight excluding hydrogens is 671 g/mol. The molecule has 1 aliphatic heterocycles. The summed E-state index contributed by atoms with van der Waals surface area (Å²) in [6.07, 6.45) is 3.78. The number of ketones is 1. The van der Waals surface area contributed by atoms with Crippen molar-refractivity contribution in [2.75, 3.05) is 12.3 Å². The van der Waals surface area contributed by atoms with E-state index in [4.69, 9.17) is 5.73 Å². The van der Waals surface area contributed by atoms with Gasteiger partial charge in [0.2, 0.25) is 17.6 Å². The lowest BCUT2D eigenvalue weighted by atomic mass is 9.80. The maximum Gasteiger partial charge on any atom is 0.315 e. The Kier molecular flexibility index (Phi) is 12.0. The average Bonchev–Trinajstić information content (AvgIpc) is 3.27. The highest BCUT2D eigenvalue weighted by atomic mass is 32.2. The summed E-state index contributed by atoms with van der Waals surface area (Å²) in [4.78, 5) is 68.4. The number of benzene rings is 1. The van der Waals surface area contributed by atoms with Crippen LogP contribution in [0, 0.1) is 34.5 Å². The monoisotopic (exact) mass is 729 g/mol. The molecule has 1 heterocycles. The van der Waals surface area contributed by atoms with Crippen LogP contribution in [0.25, 0.3) is 0 Å². The summed E-state index contributed by atoms with van der Waals surface area (Å²) in [7, 11) is -3.64. The largest absolute Gasteiger partial charge is 0.363 e. The molecule has 5 N–H and O–H groups in total. The zero-order chi connectivity index (χ0) is 38.1. The summed E-state index contributed by atoms with van der Waals surface area (Å²) in [5.41, 5.74) is 4.25. The maximum absolute atomic E-state index is 14.5. The van der Waals surface area contributed by atoms with E-state index in [-0.39, 0.29) is 47.0 Å². The van der Waals surface area contributed by atoms with Crippen molar-refractivity contribution in [1.82, 2.24) is 20.9 Å². The molecular formula is C38H59N5O7S. The van der Waals surface area contributed by atoms with Crippen molar-refractivity contribution in [2.24, 2.45) is 40.2 Å². The van der Waals surface area contributed by atoms with Crippen LogP contribution in [0.5, 0.6) is 0 Å². The molecule has 3 fully saturated rings. The van der Waals surface area contributed by atoms with Crippen LogP contribution in [0.1, 0.15) is 99.5 Å². The van der Waals surface area contributed by atoms with Gasteiger partial charge in [-0.05, 0) is 66.3 Å². The number of nitrogens with two attached hydrogens (primary N) is 1. The van der Waals surface area contributed by atoms with Gasteiger partial charge in [0.25, 0.3) is 5.91 Å². The Morgan fingerprint density at radius 1 is 0.961 bits per heavy atom. The molecule has 5 amide bonds. The van der Waals surface area contributed by atoms with E-state index in [1.165, 1.54) is 4.90 Å². The highest BCUT2D eigenvalue weighted by Crippen LogP contribution is 2.65. The molecule has 0 aromatic heterocycles. The first kappa shape index (κ1) is 40.3. The van der Waals surface area contributed by atoms with Crippen molar-refractivity contribution in [1.29, 1.82) is 0 Å². The third kappa shape index (κ3) is 10.3. The SMILES string of the molecule is CC(C)CC(C)(CS(=O)(=O)Cc1ccccc1)NC(=O)NC(CC(C)(C)C)C(=O)N1CC2C([C@H]1C(=O)NC(CC1CCC1)C(=O)C(N)=O)C2(C)C. The van der Waals surface area contributed by atoms with Gasteiger partial charge in [0.15, 0.2) is 9.84 Å². The molecule has 0 radical (unpaired) electrons. The standard InChI is InChI=1S/C38H59N5O7S/c1-23(2)18-38(8,22-51(49,50)21-25-13-10-9-11-14-25)42-35(48)41-28(19-36(3,4)5)34(47)43-20-26-29(37(26,6)7)30(43)33(46)40-27(31(44)32(39)45)17-24-15-12-16-24/h9-11,13-14,23-24,26-30H,12,15-22H2,1-8H3,(H2,39,45)(H,40,46)(H2,41,42,48)/t26?,27?,28?,29?,30-,38?/m0/s1. The third-order valence-corrected chi connectivity index (χ3v) is 12.7. The van der Waals surface area contributed by atoms with Crippen LogP contribution < -0.4 is 21.7 Å². The maximum atomic E-state index is 14.5. The molecule has 2 aliphatic carbocycles. The lowest BCUT2D eigenvalue weighted by molar-refractivity contribution is -0.144. The number of amides is 5. The molecule has 2 saturated carbocycles. The number of hydrogen-bond donors (Lipinski definition) is 4. The zero-order valence-corrected chi connectivity index (χ0v) is 32.4. The molecule has 0 bridgehead atoms. The molecule has 3 aliphatic rings.